The van der Waals surface area contributed by atoms with Gasteiger partial charge in [0.2, 0.25) is 2.57 Å². The molecule has 0 amide bonds. The summed E-state index contributed by atoms with van der Waals surface area (Å²) in [6.45, 7) is 0. The second-order valence-electron chi connectivity index (χ2n) is 3.41. The molecule has 0 spiro atoms. The predicted molar refractivity (Wildman–Crippen MR) is 71.2 cm³/mol. The van der Waals surface area contributed by atoms with Crippen molar-refractivity contribution in [3.8, 4) is 0 Å². The minimum Gasteiger partial charge on any atom is -0.399 e. The van der Waals surface area contributed by atoms with Crippen molar-refractivity contribution in [1.82, 2.24) is 0 Å². The number of benzene rings is 1. The minimum absolute atomic E-state index is 0.416. The lowest BCUT2D eigenvalue weighted by Gasteiger charge is -2.25. The van der Waals surface area contributed by atoms with Crippen molar-refractivity contribution in [2.45, 2.75) is 8.67 Å². The van der Waals surface area contributed by atoms with E-state index in [0.717, 1.165) is 6.26 Å². The van der Waals surface area contributed by atoms with E-state index < -0.39 is 18.5 Å². The smallest absolute Gasteiger partial charge is 0.210 e. The van der Waals surface area contributed by atoms with Crippen LogP contribution in [0.5, 0.6) is 0 Å². The monoisotopic (exact) mass is 371 g/mol. The molecule has 0 aliphatic rings. The van der Waals surface area contributed by atoms with Crippen LogP contribution in [-0.2, 0) is 9.84 Å². The van der Waals surface area contributed by atoms with Crippen LogP contribution in [0.15, 0.2) is 24.3 Å². The summed E-state index contributed by atoms with van der Waals surface area (Å²) in [6, 6.07) is 6.42. The molecule has 0 saturated heterocycles. The van der Waals surface area contributed by atoms with E-state index >= 15 is 0 Å². The topological polar surface area (TPSA) is 80.4 Å². The summed E-state index contributed by atoms with van der Waals surface area (Å²) in [7, 11) is -3.52. The Kier molecular flexibility index (Phi) is 4.04. The zero-order valence-electron chi connectivity index (χ0n) is 8.39. The van der Waals surface area contributed by atoms with E-state index in [1.165, 1.54) is 6.07 Å². The Balaban J connectivity index is 3.17. The lowest BCUT2D eigenvalue weighted by Crippen LogP contribution is -2.31. The average molecular weight is 373 g/mol. The van der Waals surface area contributed by atoms with Gasteiger partial charge in [0.15, 0.2) is 9.84 Å². The van der Waals surface area contributed by atoms with E-state index in [1.807, 2.05) is 0 Å². The Morgan fingerprint density at radius 1 is 1.44 bits per heavy atom. The third kappa shape index (κ3) is 2.77. The molecule has 1 aromatic carbocycles. The third-order valence-corrected chi connectivity index (χ3v) is 7.65. The molecule has 0 aliphatic carbocycles. The molecule has 1 aromatic rings. The number of rotatable bonds is 3. The van der Waals surface area contributed by atoms with Crippen LogP contribution in [0, 0.1) is 0 Å². The number of hydrogen-bond donors (Lipinski definition) is 2. The van der Waals surface area contributed by atoms with Crippen LogP contribution in [0.25, 0.3) is 0 Å². The number of aliphatic hydroxyl groups is 1. The largest absolute Gasteiger partial charge is 0.399 e. The molecular formula is C9H11Br2NO3S. The number of halogens is 2. The van der Waals surface area contributed by atoms with Crippen LogP contribution in [0.4, 0.5) is 5.69 Å². The molecule has 16 heavy (non-hydrogen) atoms. The number of hydrogen-bond acceptors (Lipinski definition) is 4. The zero-order valence-corrected chi connectivity index (χ0v) is 12.4. The number of sulfone groups is 1. The zero-order chi connectivity index (χ0) is 12.6. The van der Waals surface area contributed by atoms with Gasteiger partial charge in [0.25, 0.3) is 0 Å². The van der Waals surface area contributed by atoms with E-state index in [2.05, 4.69) is 31.9 Å². The fraction of sp³-hybridized carbons (Fsp3) is 0.333. The van der Waals surface area contributed by atoms with Crippen LogP contribution >= 0.6 is 31.9 Å². The first kappa shape index (κ1) is 14.0. The fourth-order valence-electron chi connectivity index (χ4n) is 1.13. The first-order chi connectivity index (χ1) is 7.16. The minimum atomic E-state index is -3.52. The molecular weight excluding hydrogens is 362 g/mol. The highest BCUT2D eigenvalue weighted by atomic mass is 79.9. The molecule has 0 heterocycles. The van der Waals surface area contributed by atoms with Gasteiger partial charge in [0.05, 0.1) is 0 Å². The van der Waals surface area contributed by atoms with Crippen LogP contribution in [0.1, 0.15) is 11.7 Å². The van der Waals surface area contributed by atoms with E-state index in [1.54, 1.807) is 18.2 Å². The molecule has 90 valence electrons. The Bertz CT molecular complexity index is 487. The van der Waals surface area contributed by atoms with Gasteiger partial charge in [0, 0.05) is 11.9 Å². The van der Waals surface area contributed by atoms with Gasteiger partial charge in [-0.1, -0.05) is 44.0 Å². The fourth-order valence-corrected chi connectivity index (χ4v) is 2.20. The molecule has 0 radical (unpaired) electrons. The SMILES string of the molecule is CS(=O)(=O)C(Br)(Br)[C@H](O)c1cccc(N)c1. The van der Waals surface area contributed by atoms with Crippen molar-refractivity contribution >= 4 is 47.4 Å². The maximum Gasteiger partial charge on any atom is 0.210 e. The van der Waals surface area contributed by atoms with Crippen LogP contribution < -0.4 is 5.73 Å². The van der Waals surface area contributed by atoms with Gasteiger partial charge in [-0.2, -0.15) is 0 Å². The summed E-state index contributed by atoms with van der Waals surface area (Å²) in [5.74, 6) is 0. The van der Waals surface area contributed by atoms with Gasteiger partial charge in [-0.3, -0.25) is 0 Å². The highest BCUT2D eigenvalue weighted by Gasteiger charge is 2.43. The highest BCUT2D eigenvalue weighted by molar-refractivity contribution is 9.27. The molecule has 0 saturated carbocycles. The normalized spacial score (nSPS) is 14.8. The van der Waals surface area contributed by atoms with Gasteiger partial charge in [-0.25, -0.2) is 8.42 Å². The number of alkyl halides is 2. The van der Waals surface area contributed by atoms with Gasteiger partial charge in [-0.15, -0.1) is 0 Å². The molecule has 0 aromatic heterocycles. The van der Waals surface area contributed by atoms with Gasteiger partial charge < -0.3 is 10.8 Å². The summed E-state index contributed by atoms with van der Waals surface area (Å²) in [6.07, 6.45) is -0.238. The van der Waals surface area contributed by atoms with Crippen molar-refractivity contribution in [1.29, 1.82) is 0 Å². The van der Waals surface area contributed by atoms with Crippen LogP contribution in [0.3, 0.4) is 0 Å². The van der Waals surface area contributed by atoms with Crippen LogP contribution in [-0.4, -0.2) is 22.3 Å². The molecule has 3 N–H and O–H groups in total. The third-order valence-electron chi connectivity index (χ3n) is 2.04. The summed E-state index contributed by atoms with van der Waals surface area (Å²) >= 11 is 5.93. The lowest BCUT2D eigenvalue weighted by atomic mass is 10.1. The van der Waals surface area contributed by atoms with Crippen molar-refractivity contribution in [2.75, 3.05) is 12.0 Å². The molecule has 1 rings (SSSR count). The molecule has 0 unspecified atom stereocenters. The summed E-state index contributed by atoms with van der Waals surface area (Å²) in [4.78, 5) is 0. The standard InChI is InChI=1S/C9H11Br2NO3S/c1-16(14,15)9(10,11)8(13)6-3-2-4-7(12)5-6/h2-5,8,13H,12H2,1H3/t8-/m1/s1. The Hall–Kier alpha value is -0.110. The second-order valence-corrected chi connectivity index (χ2v) is 10.2. The van der Waals surface area contributed by atoms with Crippen molar-refractivity contribution in [3.63, 3.8) is 0 Å². The highest BCUT2D eigenvalue weighted by Crippen LogP contribution is 2.43. The predicted octanol–water partition coefficient (Wildman–Crippen LogP) is 1.79. The maximum absolute atomic E-state index is 11.5. The second kappa shape index (κ2) is 4.64. The molecule has 7 heteroatoms. The number of anilines is 1. The van der Waals surface area contributed by atoms with E-state index in [0.29, 0.717) is 11.3 Å². The molecule has 0 fully saturated rings. The first-order valence-corrected chi connectivity index (χ1v) is 7.75. The summed E-state index contributed by atoms with van der Waals surface area (Å²) in [5.41, 5.74) is 6.43. The Morgan fingerprint density at radius 2 is 2.00 bits per heavy atom. The summed E-state index contributed by atoms with van der Waals surface area (Å²) < 4.78 is 21.3. The van der Waals surface area contributed by atoms with E-state index in [-0.39, 0.29) is 0 Å². The first-order valence-electron chi connectivity index (χ1n) is 4.27. The van der Waals surface area contributed by atoms with E-state index in [9.17, 15) is 13.5 Å². The van der Waals surface area contributed by atoms with Gasteiger partial charge in [-0.05, 0) is 17.7 Å². The lowest BCUT2D eigenvalue weighted by molar-refractivity contribution is 0.189. The van der Waals surface area contributed by atoms with Crippen molar-refractivity contribution in [3.05, 3.63) is 29.8 Å². The molecule has 4 nitrogen and oxygen atoms in total. The quantitative estimate of drug-likeness (QED) is 0.626. The molecule has 1 atom stereocenters. The van der Waals surface area contributed by atoms with Crippen molar-refractivity contribution in [2.24, 2.45) is 0 Å². The molecule has 0 aliphatic heterocycles. The average Bonchev–Trinajstić information content (AvgIpc) is 2.14. The number of nitrogen functional groups attached to an aromatic ring is 1. The number of aliphatic hydroxyl groups excluding tert-OH is 1. The van der Waals surface area contributed by atoms with Crippen molar-refractivity contribution < 1.29 is 13.5 Å². The Labute approximate surface area is 111 Å². The Morgan fingerprint density at radius 3 is 2.44 bits per heavy atom. The number of nitrogens with two attached hydrogens (primary N) is 1. The summed E-state index contributed by atoms with van der Waals surface area (Å²) in [5, 5.41) is 9.98. The maximum atomic E-state index is 11.5. The van der Waals surface area contributed by atoms with Gasteiger partial charge >= 0.3 is 0 Å². The van der Waals surface area contributed by atoms with Gasteiger partial charge in [0.1, 0.15) is 6.10 Å². The van der Waals surface area contributed by atoms with Crippen LogP contribution in [0.2, 0.25) is 0 Å². The van der Waals surface area contributed by atoms with E-state index in [4.69, 9.17) is 5.73 Å². The molecule has 0 bridgehead atoms.